The zero-order valence-corrected chi connectivity index (χ0v) is 13.2. The highest BCUT2D eigenvalue weighted by molar-refractivity contribution is 7.08. The summed E-state index contributed by atoms with van der Waals surface area (Å²) in [5.74, 6) is 0.421. The molecule has 2 aromatic heterocycles. The summed E-state index contributed by atoms with van der Waals surface area (Å²) >= 11 is 1.61. The zero-order chi connectivity index (χ0) is 15.2. The number of hydrogen-bond donors (Lipinski definition) is 1. The van der Waals surface area contributed by atoms with E-state index in [-0.39, 0.29) is 5.91 Å². The van der Waals surface area contributed by atoms with Crippen LogP contribution in [0.25, 0.3) is 6.08 Å². The third-order valence-electron chi connectivity index (χ3n) is 3.69. The molecule has 4 nitrogen and oxygen atoms in total. The molecule has 22 heavy (non-hydrogen) atoms. The lowest BCUT2D eigenvalue weighted by molar-refractivity contribution is -0.111. The van der Waals surface area contributed by atoms with Crippen molar-refractivity contribution in [3.05, 3.63) is 46.8 Å². The summed E-state index contributed by atoms with van der Waals surface area (Å²) in [6, 6.07) is 5.86. The minimum atomic E-state index is -0.163. The van der Waals surface area contributed by atoms with Gasteiger partial charge in [-0.15, -0.1) is 0 Å². The van der Waals surface area contributed by atoms with Crippen LogP contribution < -0.4 is 10.2 Å². The Morgan fingerprint density at radius 1 is 1.23 bits per heavy atom. The molecule has 3 heterocycles. The fourth-order valence-electron chi connectivity index (χ4n) is 2.51. The van der Waals surface area contributed by atoms with E-state index in [2.05, 4.69) is 15.2 Å². The SMILES string of the molecule is O=C(/C=C/c1ccsc1)Nc1ccc(N2CCCCC2)cn1. The van der Waals surface area contributed by atoms with Gasteiger partial charge < -0.3 is 10.2 Å². The van der Waals surface area contributed by atoms with Crippen LogP contribution in [0, 0.1) is 0 Å². The Balaban J connectivity index is 1.57. The number of carbonyl (C=O) groups excluding carboxylic acids is 1. The Morgan fingerprint density at radius 3 is 2.77 bits per heavy atom. The number of anilines is 2. The second-order valence-electron chi connectivity index (χ2n) is 5.33. The highest BCUT2D eigenvalue weighted by Gasteiger charge is 2.11. The van der Waals surface area contributed by atoms with Gasteiger partial charge in [-0.2, -0.15) is 11.3 Å². The van der Waals surface area contributed by atoms with Gasteiger partial charge in [0.15, 0.2) is 0 Å². The van der Waals surface area contributed by atoms with Crippen LogP contribution in [0.2, 0.25) is 0 Å². The predicted molar refractivity (Wildman–Crippen MR) is 92.3 cm³/mol. The monoisotopic (exact) mass is 313 g/mol. The molecule has 1 N–H and O–H groups in total. The number of hydrogen-bond acceptors (Lipinski definition) is 4. The van der Waals surface area contributed by atoms with Crippen molar-refractivity contribution in [3.63, 3.8) is 0 Å². The third kappa shape index (κ3) is 3.95. The molecule has 0 aliphatic carbocycles. The van der Waals surface area contributed by atoms with Gasteiger partial charge in [0.05, 0.1) is 11.9 Å². The van der Waals surface area contributed by atoms with E-state index in [1.807, 2.05) is 35.2 Å². The fraction of sp³-hybridized carbons (Fsp3) is 0.294. The normalized spacial score (nSPS) is 15.2. The Labute approximate surface area is 134 Å². The summed E-state index contributed by atoms with van der Waals surface area (Å²) in [6.07, 6.45) is 8.96. The number of thiophene rings is 1. The summed E-state index contributed by atoms with van der Waals surface area (Å²) in [6.45, 7) is 2.19. The van der Waals surface area contributed by atoms with Crippen molar-refractivity contribution < 1.29 is 4.79 Å². The summed E-state index contributed by atoms with van der Waals surface area (Å²) in [4.78, 5) is 18.5. The molecular formula is C17H19N3OS. The topological polar surface area (TPSA) is 45.2 Å². The lowest BCUT2D eigenvalue weighted by Crippen LogP contribution is -2.29. The molecule has 0 radical (unpaired) electrons. The summed E-state index contributed by atoms with van der Waals surface area (Å²) in [5.41, 5.74) is 2.17. The first-order valence-electron chi connectivity index (χ1n) is 7.53. The molecule has 1 fully saturated rings. The Kier molecular flexibility index (Phi) is 4.85. The first-order valence-corrected chi connectivity index (χ1v) is 8.48. The van der Waals surface area contributed by atoms with Crippen molar-refractivity contribution >= 4 is 34.8 Å². The smallest absolute Gasteiger partial charge is 0.249 e. The molecule has 0 unspecified atom stereocenters. The van der Waals surface area contributed by atoms with Crippen LogP contribution in [0.4, 0.5) is 11.5 Å². The fourth-order valence-corrected chi connectivity index (χ4v) is 3.14. The van der Waals surface area contributed by atoms with Gasteiger partial charge in [0, 0.05) is 19.2 Å². The van der Waals surface area contributed by atoms with Gasteiger partial charge in [-0.3, -0.25) is 4.79 Å². The quantitative estimate of drug-likeness (QED) is 0.874. The van der Waals surface area contributed by atoms with Gasteiger partial charge in [-0.25, -0.2) is 4.98 Å². The number of pyridine rings is 1. The minimum absolute atomic E-state index is 0.163. The van der Waals surface area contributed by atoms with E-state index in [1.54, 1.807) is 17.4 Å². The van der Waals surface area contributed by atoms with Crippen LogP contribution in [-0.2, 0) is 4.79 Å². The van der Waals surface area contributed by atoms with Crippen molar-refractivity contribution in [3.8, 4) is 0 Å². The predicted octanol–water partition coefficient (Wildman–Crippen LogP) is 3.79. The number of nitrogens with zero attached hydrogens (tertiary/aromatic N) is 2. The number of carbonyl (C=O) groups is 1. The van der Waals surface area contributed by atoms with Gasteiger partial charge in [-0.05, 0) is 59.9 Å². The number of amides is 1. The van der Waals surface area contributed by atoms with E-state index in [1.165, 1.54) is 25.3 Å². The first-order chi connectivity index (χ1) is 10.8. The van der Waals surface area contributed by atoms with Crippen LogP contribution >= 0.6 is 11.3 Å². The van der Waals surface area contributed by atoms with Crippen LogP contribution in [0.5, 0.6) is 0 Å². The molecule has 1 saturated heterocycles. The first kappa shape index (κ1) is 14.8. The lowest BCUT2D eigenvalue weighted by Gasteiger charge is -2.28. The van der Waals surface area contributed by atoms with Crippen LogP contribution in [0.3, 0.4) is 0 Å². The Morgan fingerprint density at radius 2 is 2.09 bits per heavy atom. The molecule has 2 aromatic rings. The molecule has 3 rings (SSSR count). The largest absolute Gasteiger partial charge is 0.370 e. The standard InChI is InChI=1S/C17H19N3OS/c21-17(7-4-14-8-11-22-13-14)19-16-6-5-15(12-18-16)20-9-2-1-3-10-20/h4-8,11-13H,1-3,9-10H2,(H,18,19,21)/b7-4+. The second-order valence-corrected chi connectivity index (χ2v) is 6.11. The Hall–Kier alpha value is -2.14. The van der Waals surface area contributed by atoms with E-state index in [4.69, 9.17) is 0 Å². The van der Waals surface area contributed by atoms with Crippen LogP contribution in [0.1, 0.15) is 24.8 Å². The zero-order valence-electron chi connectivity index (χ0n) is 12.4. The molecule has 1 amide bonds. The van der Waals surface area contributed by atoms with Crippen molar-refractivity contribution in [2.75, 3.05) is 23.3 Å². The molecule has 1 aliphatic rings. The molecule has 114 valence electrons. The van der Waals surface area contributed by atoms with Gasteiger partial charge in [0.1, 0.15) is 5.82 Å². The van der Waals surface area contributed by atoms with E-state index >= 15 is 0 Å². The molecule has 0 aromatic carbocycles. The van der Waals surface area contributed by atoms with Crippen molar-refractivity contribution in [2.45, 2.75) is 19.3 Å². The molecule has 5 heteroatoms. The maximum absolute atomic E-state index is 11.8. The lowest BCUT2D eigenvalue weighted by atomic mass is 10.1. The average molecular weight is 313 g/mol. The molecule has 0 saturated carbocycles. The van der Waals surface area contributed by atoms with Gasteiger partial charge in [-0.1, -0.05) is 0 Å². The summed E-state index contributed by atoms with van der Waals surface area (Å²) in [7, 11) is 0. The van der Waals surface area contributed by atoms with Crippen LogP contribution in [-0.4, -0.2) is 24.0 Å². The maximum Gasteiger partial charge on any atom is 0.249 e. The highest BCUT2D eigenvalue weighted by atomic mass is 32.1. The summed E-state index contributed by atoms with van der Waals surface area (Å²) in [5, 5.41) is 6.76. The van der Waals surface area contributed by atoms with Crippen molar-refractivity contribution in [2.24, 2.45) is 0 Å². The van der Waals surface area contributed by atoms with Crippen LogP contribution in [0.15, 0.2) is 41.2 Å². The third-order valence-corrected chi connectivity index (χ3v) is 4.39. The number of aromatic nitrogens is 1. The Bertz CT molecular complexity index is 628. The number of nitrogens with one attached hydrogen (secondary N) is 1. The van der Waals surface area contributed by atoms with E-state index in [0.717, 1.165) is 24.3 Å². The minimum Gasteiger partial charge on any atom is -0.370 e. The molecule has 0 spiro atoms. The number of piperidine rings is 1. The van der Waals surface area contributed by atoms with E-state index < -0.39 is 0 Å². The number of rotatable bonds is 4. The molecule has 0 bridgehead atoms. The van der Waals surface area contributed by atoms with Crippen molar-refractivity contribution in [1.82, 2.24) is 4.98 Å². The highest BCUT2D eigenvalue weighted by Crippen LogP contribution is 2.20. The summed E-state index contributed by atoms with van der Waals surface area (Å²) < 4.78 is 0. The maximum atomic E-state index is 11.8. The molecule has 1 aliphatic heterocycles. The van der Waals surface area contributed by atoms with E-state index in [9.17, 15) is 4.79 Å². The van der Waals surface area contributed by atoms with Gasteiger partial charge in [0.25, 0.3) is 0 Å². The van der Waals surface area contributed by atoms with Crippen molar-refractivity contribution in [1.29, 1.82) is 0 Å². The molecule has 0 atom stereocenters. The molecular weight excluding hydrogens is 294 g/mol. The second kappa shape index (κ2) is 7.22. The average Bonchev–Trinajstić information content (AvgIpc) is 3.08. The van der Waals surface area contributed by atoms with Gasteiger partial charge >= 0.3 is 0 Å². The van der Waals surface area contributed by atoms with Gasteiger partial charge in [0.2, 0.25) is 5.91 Å². The van der Waals surface area contributed by atoms with E-state index in [0.29, 0.717) is 5.82 Å².